The van der Waals surface area contributed by atoms with Gasteiger partial charge in [-0.3, -0.25) is 0 Å². The van der Waals surface area contributed by atoms with E-state index in [1.165, 1.54) is 0 Å². The summed E-state index contributed by atoms with van der Waals surface area (Å²) >= 11 is 0. The third-order valence-corrected chi connectivity index (χ3v) is 5.70. The molecule has 1 aromatic heterocycles. The van der Waals surface area contributed by atoms with Crippen molar-refractivity contribution in [1.29, 1.82) is 0 Å². The molecule has 2 N–H and O–H groups in total. The molecule has 0 aromatic carbocycles. The lowest BCUT2D eigenvalue weighted by Crippen LogP contribution is -2.36. The average Bonchev–Trinajstić information content (AvgIpc) is 2.97. The second-order valence-electron chi connectivity index (χ2n) is 5.95. The van der Waals surface area contributed by atoms with E-state index >= 15 is 0 Å². The lowest BCUT2D eigenvalue weighted by Gasteiger charge is -2.16. The standard InChI is InChI=1S/C15H26N2O3S/c1-4-8-16-10-13-9-15(12(3)20-13)21(18,19)17-14-7-5-6-11(14)2/h9,11,14,16-17H,4-8,10H2,1-3H3. The molecular weight excluding hydrogens is 288 g/mol. The average molecular weight is 314 g/mol. The Morgan fingerprint density at radius 2 is 2.14 bits per heavy atom. The SMILES string of the molecule is CCCNCc1cc(S(=O)(=O)NC2CCCC2C)c(C)o1. The monoisotopic (exact) mass is 314 g/mol. The molecule has 0 radical (unpaired) electrons. The van der Waals surface area contributed by atoms with Crippen LogP contribution in [0.4, 0.5) is 0 Å². The van der Waals surface area contributed by atoms with E-state index in [2.05, 4.69) is 23.9 Å². The zero-order valence-electron chi connectivity index (χ0n) is 13.1. The Morgan fingerprint density at radius 3 is 2.76 bits per heavy atom. The molecule has 1 fully saturated rings. The van der Waals surface area contributed by atoms with E-state index in [1.54, 1.807) is 13.0 Å². The summed E-state index contributed by atoms with van der Waals surface area (Å²) in [5, 5.41) is 3.21. The molecule has 0 aliphatic heterocycles. The minimum atomic E-state index is -3.49. The molecule has 6 heteroatoms. The molecule has 0 spiro atoms. The summed E-state index contributed by atoms with van der Waals surface area (Å²) in [6.45, 7) is 7.34. The molecule has 21 heavy (non-hydrogen) atoms. The Labute approximate surface area is 127 Å². The van der Waals surface area contributed by atoms with Gasteiger partial charge in [0.2, 0.25) is 10.0 Å². The molecule has 5 nitrogen and oxygen atoms in total. The highest BCUT2D eigenvalue weighted by atomic mass is 32.2. The Hall–Kier alpha value is -0.850. The zero-order chi connectivity index (χ0) is 15.5. The molecule has 0 amide bonds. The van der Waals surface area contributed by atoms with Crippen LogP contribution in [0.2, 0.25) is 0 Å². The van der Waals surface area contributed by atoms with Crippen molar-refractivity contribution in [3.05, 3.63) is 17.6 Å². The zero-order valence-corrected chi connectivity index (χ0v) is 13.9. The van der Waals surface area contributed by atoms with Crippen molar-refractivity contribution in [2.24, 2.45) is 5.92 Å². The molecule has 2 unspecified atom stereocenters. The van der Waals surface area contributed by atoms with Gasteiger partial charge in [0.1, 0.15) is 16.4 Å². The number of aryl methyl sites for hydroxylation is 1. The first-order chi connectivity index (χ1) is 9.94. The van der Waals surface area contributed by atoms with Gasteiger partial charge in [-0.2, -0.15) is 0 Å². The number of hydrogen-bond donors (Lipinski definition) is 2. The molecule has 0 saturated heterocycles. The van der Waals surface area contributed by atoms with Gasteiger partial charge in [0.25, 0.3) is 0 Å². The fraction of sp³-hybridized carbons (Fsp3) is 0.733. The summed E-state index contributed by atoms with van der Waals surface area (Å²) in [6.07, 6.45) is 4.13. The Kier molecular flexibility index (Phi) is 5.46. The molecule has 1 aliphatic rings. The van der Waals surface area contributed by atoms with Crippen LogP contribution in [0.25, 0.3) is 0 Å². The Bertz CT molecular complexity index is 565. The van der Waals surface area contributed by atoms with E-state index in [0.717, 1.165) is 32.2 Å². The second-order valence-corrected chi connectivity index (χ2v) is 7.63. The molecule has 1 aromatic rings. The summed E-state index contributed by atoms with van der Waals surface area (Å²) in [5.74, 6) is 1.53. The van der Waals surface area contributed by atoms with Gasteiger partial charge in [-0.05, 0) is 38.6 Å². The molecule has 1 heterocycles. The fourth-order valence-electron chi connectivity index (χ4n) is 2.85. The largest absolute Gasteiger partial charge is 0.464 e. The highest BCUT2D eigenvalue weighted by Crippen LogP contribution is 2.27. The van der Waals surface area contributed by atoms with Crippen LogP contribution in [-0.2, 0) is 16.6 Å². The molecule has 0 bridgehead atoms. The predicted octanol–water partition coefficient (Wildman–Crippen LogP) is 2.55. The van der Waals surface area contributed by atoms with Crippen LogP contribution in [0.1, 0.15) is 51.1 Å². The summed E-state index contributed by atoms with van der Waals surface area (Å²) in [7, 11) is -3.49. The minimum absolute atomic E-state index is 0.0472. The normalized spacial score (nSPS) is 22.8. The van der Waals surface area contributed by atoms with Crippen LogP contribution in [-0.4, -0.2) is 21.0 Å². The molecule has 2 rings (SSSR count). The van der Waals surface area contributed by atoms with Crippen LogP contribution in [0, 0.1) is 12.8 Å². The van der Waals surface area contributed by atoms with Gasteiger partial charge in [0, 0.05) is 12.1 Å². The van der Waals surface area contributed by atoms with Gasteiger partial charge in [-0.25, -0.2) is 13.1 Å². The number of sulfonamides is 1. The smallest absolute Gasteiger partial charge is 0.244 e. The quantitative estimate of drug-likeness (QED) is 0.759. The summed E-state index contributed by atoms with van der Waals surface area (Å²) < 4.78 is 33.4. The molecule has 120 valence electrons. The predicted molar refractivity (Wildman–Crippen MR) is 82.6 cm³/mol. The molecule has 2 atom stereocenters. The minimum Gasteiger partial charge on any atom is -0.464 e. The first-order valence-electron chi connectivity index (χ1n) is 7.76. The van der Waals surface area contributed by atoms with E-state index in [9.17, 15) is 8.42 Å². The van der Waals surface area contributed by atoms with Crippen LogP contribution in [0.5, 0.6) is 0 Å². The van der Waals surface area contributed by atoms with Gasteiger partial charge < -0.3 is 9.73 Å². The second kappa shape index (κ2) is 6.94. The van der Waals surface area contributed by atoms with Crippen molar-refractivity contribution in [3.63, 3.8) is 0 Å². The van der Waals surface area contributed by atoms with E-state index < -0.39 is 10.0 Å². The summed E-state index contributed by atoms with van der Waals surface area (Å²) in [4.78, 5) is 0.273. The van der Waals surface area contributed by atoms with E-state index in [0.29, 0.717) is 24.0 Å². The summed E-state index contributed by atoms with van der Waals surface area (Å²) in [5.41, 5.74) is 0. The maximum absolute atomic E-state index is 12.5. The van der Waals surface area contributed by atoms with Gasteiger partial charge in [-0.15, -0.1) is 0 Å². The molecular formula is C15H26N2O3S. The van der Waals surface area contributed by atoms with Crippen LogP contribution < -0.4 is 10.0 Å². The van der Waals surface area contributed by atoms with Crippen molar-refractivity contribution < 1.29 is 12.8 Å². The van der Waals surface area contributed by atoms with Gasteiger partial charge >= 0.3 is 0 Å². The van der Waals surface area contributed by atoms with Gasteiger partial charge in [0.15, 0.2) is 0 Å². The number of hydrogen-bond acceptors (Lipinski definition) is 4. The maximum Gasteiger partial charge on any atom is 0.244 e. The van der Waals surface area contributed by atoms with E-state index in [4.69, 9.17) is 4.42 Å². The number of nitrogens with one attached hydrogen (secondary N) is 2. The van der Waals surface area contributed by atoms with E-state index in [1.807, 2.05) is 0 Å². The summed E-state index contributed by atoms with van der Waals surface area (Å²) in [6, 6.07) is 1.69. The highest BCUT2D eigenvalue weighted by molar-refractivity contribution is 7.89. The Morgan fingerprint density at radius 1 is 1.38 bits per heavy atom. The van der Waals surface area contributed by atoms with Crippen molar-refractivity contribution in [2.45, 2.75) is 63.9 Å². The fourth-order valence-corrected chi connectivity index (χ4v) is 4.43. The lowest BCUT2D eigenvalue weighted by molar-refractivity contribution is 0.454. The topological polar surface area (TPSA) is 71.3 Å². The first kappa shape index (κ1) is 16.5. The third-order valence-electron chi connectivity index (χ3n) is 4.11. The van der Waals surface area contributed by atoms with Crippen molar-refractivity contribution in [3.8, 4) is 0 Å². The Balaban J connectivity index is 2.08. The van der Waals surface area contributed by atoms with Crippen LogP contribution in [0.3, 0.4) is 0 Å². The van der Waals surface area contributed by atoms with E-state index in [-0.39, 0.29) is 10.9 Å². The first-order valence-corrected chi connectivity index (χ1v) is 9.24. The number of rotatable bonds is 7. The highest BCUT2D eigenvalue weighted by Gasteiger charge is 2.30. The number of furan rings is 1. The van der Waals surface area contributed by atoms with Gasteiger partial charge in [-0.1, -0.05) is 20.3 Å². The van der Waals surface area contributed by atoms with Crippen molar-refractivity contribution in [2.75, 3.05) is 6.54 Å². The van der Waals surface area contributed by atoms with Crippen LogP contribution in [0.15, 0.2) is 15.4 Å². The maximum atomic E-state index is 12.5. The molecule has 1 aliphatic carbocycles. The third kappa shape index (κ3) is 4.08. The lowest BCUT2D eigenvalue weighted by atomic mass is 10.1. The van der Waals surface area contributed by atoms with Crippen molar-refractivity contribution >= 4 is 10.0 Å². The van der Waals surface area contributed by atoms with Gasteiger partial charge in [0.05, 0.1) is 6.54 Å². The van der Waals surface area contributed by atoms with Crippen LogP contribution >= 0.6 is 0 Å². The van der Waals surface area contributed by atoms with Crippen molar-refractivity contribution in [1.82, 2.24) is 10.0 Å². The molecule has 1 saturated carbocycles.